The Morgan fingerprint density at radius 2 is 1.60 bits per heavy atom. The number of hydrogen-bond donors (Lipinski definition) is 1. The molecular weight excluding hydrogens is 200 g/mol. The van der Waals surface area contributed by atoms with E-state index in [9.17, 15) is 14.4 Å². The van der Waals surface area contributed by atoms with Gasteiger partial charge in [0.2, 0.25) is 0 Å². The number of amides is 2. The molecule has 1 aliphatic rings. The lowest BCUT2D eigenvalue weighted by molar-refractivity contribution is -0.137. The minimum atomic E-state index is -1.20. The minimum absolute atomic E-state index is 0.267. The summed E-state index contributed by atoms with van der Waals surface area (Å²) in [4.78, 5) is 34.3. The van der Waals surface area contributed by atoms with Crippen LogP contribution in [0.25, 0.3) is 0 Å². The van der Waals surface area contributed by atoms with Crippen molar-refractivity contribution in [1.29, 1.82) is 0 Å². The molecule has 0 fully saturated rings. The number of aliphatic carboxylic acids is 1. The smallest absolute Gasteiger partial charge is 0.323 e. The molecule has 0 unspecified atom stereocenters. The first-order valence-electron chi connectivity index (χ1n) is 4.28. The molecule has 1 aliphatic heterocycles. The number of carboxylic acids is 1. The highest BCUT2D eigenvalue weighted by Gasteiger charge is 2.35. The van der Waals surface area contributed by atoms with Crippen LogP contribution in [-0.2, 0) is 4.79 Å². The van der Waals surface area contributed by atoms with Crippen molar-refractivity contribution < 1.29 is 19.5 Å². The van der Waals surface area contributed by atoms with Crippen LogP contribution in [0.15, 0.2) is 24.3 Å². The molecule has 5 heteroatoms. The largest absolute Gasteiger partial charge is 0.480 e. The second kappa shape index (κ2) is 3.20. The second-order valence-electron chi connectivity index (χ2n) is 3.14. The molecule has 0 saturated carbocycles. The molecule has 0 atom stereocenters. The summed E-state index contributed by atoms with van der Waals surface area (Å²) in [6.07, 6.45) is 0. The van der Waals surface area contributed by atoms with Gasteiger partial charge in [-0.15, -0.1) is 0 Å². The van der Waals surface area contributed by atoms with Gasteiger partial charge in [0, 0.05) is 0 Å². The minimum Gasteiger partial charge on any atom is -0.480 e. The first-order valence-corrected chi connectivity index (χ1v) is 4.28. The van der Waals surface area contributed by atoms with Crippen LogP contribution in [0.1, 0.15) is 20.7 Å². The molecule has 0 radical (unpaired) electrons. The van der Waals surface area contributed by atoms with Crippen molar-refractivity contribution >= 4 is 17.8 Å². The number of imide groups is 1. The molecule has 1 heterocycles. The number of carboxylic acid groups (broad SMARTS) is 1. The molecule has 76 valence electrons. The van der Waals surface area contributed by atoms with Gasteiger partial charge in [0.15, 0.2) is 0 Å². The number of fused-ring (bicyclic) bond motifs is 1. The zero-order valence-electron chi connectivity index (χ0n) is 7.64. The monoisotopic (exact) mass is 207 g/mol. The van der Waals surface area contributed by atoms with Crippen LogP contribution in [0.5, 0.6) is 0 Å². The van der Waals surface area contributed by atoms with Crippen molar-refractivity contribution in [2.75, 3.05) is 6.54 Å². The van der Waals surface area contributed by atoms with Crippen molar-refractivity contribution in [3.05, 3.63) is 35.4 Å². The molecular formula is C10H7NO4. The van der Waals surface area contributed by atoms with Gasteiger partial charge in [-0.3, -0.25) is 19.3 Å². The molecule has 15 heavy (non-hydrogen) atoms. The van der Waals surface area contributed by atoms with E-state index < -0.39 is 24.3 Å². The Labute approximate surface area is 84.9 Å². The maximum Gasteiger partial charge on any atom is 0.323 e. The van der Waals surface area contributed by atoms with Gasteiger partial charge in [-0.05, 0) is 12.1 Å². The van der Waals surface area contributed by atoms with Crippen molar-refractivity contribution in [1.82, 2.24) is 4.90 Å². The number of nitrogens with zero attached hydrogens (tertiary/aromatic N) is 1. The Hall–Kier alpha value is -2.17. The van der Waals surface area contributed by atoms with E-state index in [1.54, 1.807) is 12.1 Å². The highest BCUT2D eigenvalue weighted by molar-refractivity contribution is 6.22. The van der Waals surface area contributed by atoms with Crippen LogP contribution in [0.3, 0.4) is 0 Å². The third-order valence-electron chi connectivity index (χ3n) is 2.17. The van der Waals surface area contributed by atoms with Crippen molar-refractivity contribution in [3.8, 4) is 0 Å². The van der Waals surface area contributed by atoms with Crippen molar-refractivity contribution in [2.45, 2.75) is 0 Å². The molecule has 0 saturated heterocycles. The maximum absolute atomic E-state index is 11.6. The standard InChI is InChI=1S/C10H7NO4/c12-8(13)5-11-9(14)6-3-1-2-4-7(6)10(11)15/h1-4H,5H2,(H,12,13)/i8+1,11+1. The third-order valence-corrected chi connectivity index (χ3v) is 2.17. The summed E-state index contributed by atoms with van der Waals surface area (Å²) in [5.41, 5.74) is 0.535. The molecule has 1 N–H and O–H groups in total. The summed E-state index contributed by atoms with van der Waals surface area (Å²) in [5, 5.41) is 8.54. The summed E-state index contributed by atoms with van der Waals surface area (Å²) >= 11 is 0. The number of rotatable bonds is 2. The zero-order chi connectivity index (χ0) is 11.0. The van der Waals surface area contributed by atoms with Crippen LogP contribution >= 0.6 is 0 Å². The van der Waals surface area contributed by atoms with E-state index in [1.165, 1.54) is 12.1 Å². The number of benzene rings is 1. The summed E-state index contributed by atoms with van der Waals surface area (Å²) in [5.74, 6) is -2.29. The van der Waals surface area contributed by atoms with Gasteiger partial charge in [0.1, 0.15) is 6.54 Å². The van der Waals surface area contributed by atoms with Gasteiger partial charge >= 0.3 is 5.97 Å². The Morgan fingerprint density at radius 3 is 2.00 bits per heavy atom. The highest BCUT2D eigenvalue weighted by atomic mass is 16.5. The maximum atomic E-state index is 11.6. The van der Waals surface area contributed by atoms with Crippen LogP contribution in [0.2, 0.25) is 0 Å². The lowest BCUT2D eigenvalue weighted by Crippen LogP contribution is -2.34. The normalized spacial score (nSPS) is 14.3. The molecule has 2 rings (SSSR count). The number of carbonyl (C=O) groups excluding carboxylic acids is 2. The summed E-state index contributed by atoms with van der Waals surface area (Å²) < 4.78 is 0. The molecule has 0 bridgehead atoms. The lowest BCUT2D eigenvalue weighted by Gasteiger charge is -2.09. The van der Waals surface area contributed by atoms with Crippen LogP contribution in [-0.4, -0.2) is 34.3 Å². The Balaban J connectivity index is 2.41. The topological polar surface area (TPSA) is 74.7 Å². The fourth-order valence-corrected chi connectivity index (χ4v) is 1.52. The van der Waals surface area contributed by atoms with E-state index in [0.717, 1.165) is 4.90 Å². The van der Waals surface area contributed by atoms with E-state index in [4.69, 9.17) is 5.11 Å². The number of hydrogen-bond acceptors (Lipinski definition) is 3. The van der Waals surface area contributed by atoms with Gasteiger partial charge in [-0.2, -0.15) is 0 Å². The molecule has 0 aromatic heterocycles. The van der Waals surface area contributed by atoms with Gasteiger partial charge in [0.25, 0.3) is 11.8 Å². The van der Waals surface area contributed by atoms with Crippen LogP contribution in [0.4, 0.5) is 0 Å². The highest BCUT2D eigenvalue weighted by Crippen LogP contribution is 2.21. The quantitative estimate of drug-likeness (QED) is 0.432. The number of carbonyl (C=O) groups is 3. The van der Waals surface area contributed by atoms with Gasteiger partial charge in [0.05, 0.1) is 11.1 Å². The molecule has 1 aromatic rings. The summed E-state index contributed by atoms with van der Waals surface area (Å²) in [7, 11) is 0. The van der Waals surface area contributed by atoms with E-state index in [-0.39, 0.29) is 11.1 Å². The Kier molecular flexibility index (Phi) is 2.00. The molecule has 0 aliphatic carbocycles. The van der Waals surface area contributed by atoms with E-state index in [1.807, 2.05) is 0 Å². The first kappa shape index (κ1) is 9.39. The second-order valence-corrected chi connectivity index (χ2v) is 3.14. The Bertz CT molecular complexity index is 431. The van der Waals surface area contributed by atoms with Crippen molar-refractivity contribution in [2.24, 2.45) is 0 Å². The predicted octanol–water partition coefficient (Wildman–Crippen LogP) is 0.367. The Morgan fingerprint density at radius 1 is 1.13 bits per heavy atom. The molecule has 1 aromatic carbocycles. The SMILES string of the molecule is O=C1c2ccccc2C(=O)[15N]1C[13C](=O)O. The molecule has 2 amide bonds. The first-order chi connectivity index (χ1) is 7.11. The van der Waals surface area contributed by atoms with E-state index in [0.29, 0.717) is 0 Å². The van der Waals surface area contributed by atoms with Crippen molar-refractivity contribution in [3.63, 3.8) is 0 Å². The average molecular weight is 207 g/mol. The predicted molar refractivity (Wildman–Crippen MR) is 49.4 cm³/mol. The lowest BCUT2D eigenvalue weighted by atomic mass is 10.1. The fraction of sp³-hybridized carbons (Fsp3) is 0.100. The van der Waals surface area contributed by atoms with Gasteiger partial charge in [-0.1, -0.05) is 12.1 Å². The zero-order valence-corrected chi connectivity index (χ0v) is 7.64. The third kappa shape index (κ3) is 1.38. The van der Waals surface area contributed by atoms with Crippen LogP contribution < -0.4 is 0 Å². The van der Waals surface area contributed by atoms with Crippen LogP contribution in [0, 0.1) is 0 Å². The fourth-order valence-electron chi connectivity index (χ4n) is 1.52. The average Bonchev–Trinajstić information content (AvgIpc) is 2.44. The van der Waals surface area contributed by atoms with E-state index >= 15 is 0 Å². The van der Waals surface area contributed by atoms with Gasteiger partial charge < -0.3 is 5.11 Å². The van der Waals surface area contributed by atoms with E-state index in [2.05, 4.69) is 0 Å². The molecule has 5 nitrogen and oxygen atoms in total. The summed E-state index contributed by atoms with van der Waals surface area (Å²) in [6, 6.07) is 6.29. The van der Waals surface area contributed by atoms with Gasteiger partial charge in [-0.25, -0.2) is 0 Å². The summed E-state index contributed by atoms with van der Waals surface area (Å²) in [6.45, 7) is -0.591. The molecule has 0 spiro atoms.